The molecule has 2 saturated heterocycles. The van der Waals surface area contributed by atoms with Gasteiger partial charge in [0.15, 0.2) is 0 Å². The van der Waals surface area contributed by atoms with Crippen molar-refractivity contribution in [3.05, 3.63) is 35.4 Å². The van der Waals surface area contributed by atoms with E-state index in [1.807, 2.05) is 19.1 Å². The summed E-state index contributed by atoms with van der Waals surface area (Å²) in [4.78, 5) is 137. The second-order valence-corrected chi connectivity index (χ2v) is 12.4. The number of aryl methyl sites for hydroxylation is 1. The van der Waals surface area contributed by atoms with E-state index in [-0.39, 0.29) is 32.4 Å². The maximum Gasteiger partial charge on any atom is 0.246 e. The highest BCUT2D eigenvalue weighted by atomic mass is 16.2. The number of fused-ring (bicyclic) bond motifs is 1. The van der Waals surface area contributed by atoms with Crippen LogP contribution in [0.5, 0.6) is 0 Å². The predicted molar refractivity (Wildman–Crippen MR) is 189 cm³/mol. The molecular weight excluding hydrogens is 726 g/mol. The lowest BCUT2D eigenvalue weighted by Gasteiger charge is -2.41. The fourth-order valence-corrected chi connectivity index (χ4v) is 4.91. The van der Waals surface area contributed by atoms with Gasteiger partial charge < -0.3 is 58.1 Å². The SMILES string of the molecule is Cc1ccc(CC2NC(=O)CNC(=O)CNC(=O)CCNC(=O)CNC(=O)CNC(=O)CNC(=O)CNC(=O)CNC(=O)CNC(=O)C3CCN3C2=O)cc1. The summed E-state index contributed by atoms with van der Waals surface area (Å²) < 4.78 is 0. The van der Waals surface area contributed by atoms with Crippen LogP contribution in [-0.4, -0.2) is 147 Å². The number of amides is 11. The summed E-state index contributed by atoms with van der Waals surface area (Å²) in [5.41, 5.74) is 1.68. The Morgan fingerprint density at radius 1 is 0.509 bits per heavy atom. The lowest BCUT2D eigenvalue weighted by molar-refractivity contribution is -0.150. The maximum atomic E-state index is 13.6. The van der Waals surface area contributed by atoms with Gasteiger partial charge in [0.2, 0.25) is 65.0 Å². The van der Waals surface area contributed by atoms with Gasteiger partial charge in [-0.1, -0.05) is 29.8 Å². The van der Waals surface area contributed by atoms with Gasteiger partial charge in [0.05, 0.1) is 52.4 Å². The fourth-order valence-electron chi connectivity index (χ4n) is 4.91. The van der Waals surface area contributed by atoms with Gasteiger partial charge in [-0.3, -0.25) is 52.7 Å². The number of benzene rings is 1. The highest BCUT2D eigenvalue weighted by Crippen LogP contribution is 2.20. The monoisotopic (exact) mass is 771 g/mol. The average Bonchev–Trinajstić information content (AvgIpc) is 3.13. The van der Waals surface area contributed by atoms with Gasteiger partial charge in [-0.05, 0) is 18.9 Å². The summed E-state index contributed by atoms with van der Waals surface area (Å²) in [5, 5.41) is 23.3. The molecule has 0 radical (unpaired) electrons. The number of hydrogen-bond acceptors (Lipinski definition) is 11. The lowest BCUT2D eigenvalue weighted by atomic mass is 9.97. The van der Waals surface area contributed by atoms with Gasteiger partial charge >= 0.3 is 0 Å². The summed E-state index contributed by atoms with van der Waals surface area (Å²) in [6, 6.07) is 5.14. The summed E-state index contributed by atoms with van der Waals surface area (Å²) >= 11 is 0. The predicted octanol–water partition coefficient (Wildman–Crippen LogP) is -6.93. The summed E-state index contributed by atoms with van der Waals surface area (Å²) in [6.45, 7) is -2.23. The Balaban J connectivity index is 1.62. The Morgan fingerprint density at radius 3 is 1.35 bits per heavy atom. The summed E-state index contributed by atoms with van der Waals surface area (Å²) in [6.07, 6.45) is 0.120. The average molecular weight is 772 g/mol. The molecule has 2 aliphatic heterocycles. The van der Waals surface area contributed by atoms with Crippen LogP contribution in [0.4, 0.5) is 0 Å². The first kappa shape index (κ1) is 42.8. The van der Waals surface area contributed by atoms with E-state index >= 15 is 0 Å². The Kier molecular flexibility index (Phi) is 17.0. The van der Waals surface area contributed by atoms with E-state index in [0.717, 1.165) is 5.56 Å². The van der Waals surface area contributed by atoms with Crippen molar-refractivity contribution in [1.29, 1.82) is 0 Å². The molecule has 0 spiro atoms. The van der Waals surface area contributed by atoms with Crippen molar-refractivity contribution in [3.8, 4) is 0 Å². The third-order valence-corrected chi connectivity index (χ3v) is 8.02. The molecule has 0 aliphatic carbocycles. The molecule has 22 nitrogen and oxygen atoms in total. The minimum Gasteiger partial charge on any atom is -0.354 e. The van der Waals surface area contributed by atoms with Crippen LogP contribution in [0.3, 0.4) is 0 Å². The molecule has 2 heterocycles. The molecule has 298 valence electrons. The van der Waals surface area contributed by atoms with Crippen molar-refractivity contribution >= 4 is 65.0 Å². The van der Waals surface area contributed by atoms with Crippen molar-refractivity contribution in [2.24, 2.45) is 0 Å². The topological polar surface area (TPSA) is 311 Å². The number of nitrogens with zero attached hydrogens (tertiary/aromatic N) is 1. The molecule has 1 aromatic carbocycles. The summed E-state index contributed by atoms with van der Waals surface area (Å²) in [7, 11) is 0. The number of carbonyl (C=O) groups is 11. The van der Waals surface area contributed by atoms with E-state index in [4.69, 9.17) is 0 Å². The number of nitrogens with one attached hydrogen (secondary N) is 10. The van der Waals surface area contributed by atoms with Crippen molar-refractivity contribution in [2.45, 2.75) is 38.3 Å². The smallest absolute Gasteiger partial charge is 0.246 e. The molecular formula is C33H45N11O11. The van der Waals surface area contributed by atoms with Gasteiger partial charge in [-0.2, -0.15) is 0 Å². The third kappa shape index (κ3) is 15.9. The molecule has 1 aromatic rings. The zero-order valence-corrected chi connectivity index (χ0v) is 30.1. The molecule has 55 heavy (non-hydrogen) atoms. The van der Waals surface area contributed by atoms with Crippen LogP contribution in [0.25, 0.3) is 0 Å². The Morgan fingerprint density at radius 2 is 0.909 bits per heavy atom. The molecule has 2 fully saturated rings. The second-order valence-electron chi connectivity index (χ2n) is 12.4. The quantitative estimate of drug-likeness (QED) is 0.135. The van der Waals surface area contributed by atoms with Gasteiger partial charge in [0.25, 0.3) is 0 Å². The van der Waals surface area contributed by atoms with Crippen molar-refractivity contribution in [2.75, 3.05) is 65.4 Å². The van der Waals surface area contributed by atoms with E-state index in [1.165, 1.54) is 4.90 Å². The van der Waals surface area contributed by atoms with Crippen LogP contribution in [-0.2, 0) is 59.2 Å². The van der Waals surface area contributed by atoms with Crippen molar-refractivity contribution in [1.82, 2.24) is 58.1 Å². The second kappa shape index (κ2) is 21.8. The summed E-state index contributed by atoms with van der Waals surface area (Å²) in [5.74, 6) is -7.61. The van der Waals surface area contributed by atoms with Gasteiger partial charge in [-0.25, -0.2) is 0 Å². The number of hydrogen-bond donors (Lipinski definition) is 10. The van der Waals surface area contributed by atoms with E-state index in [2.05, 4.69) is 53.2 Å². The van der Waals surface area contributed by atoms with E-state index in [9.17, 15) is 52.7 Å². The Bertz CT molecular complexity index is 1650. The Hall–Kier alpha value is -6.61. The van der Waals surface area contributed by atoms with E-state index in [0.29, 0.717) is 5.56 Å². The lowest BCUT2D eigenvalue weighted by Crippen LogP contribution is -2.63. The van der Waals surface area contributed by atoms with E-state index < -0.39 is 129 Å². The highest BCUT2D eigenvalue weighted by molar-refractivity contribution is 5.96. The van der Waals surface area contributed by atoms with Crippen molar-refractivity contribution < 1.29 is 52.7 Å². The molecule has 11 amide bonds. The van der Waals surface area contributed by atoms with Gasteiger partial charge in [0, 0.05) is 25.9 Å². The van der Waals surface area contributed by atoms with Crippen LogP contribution in [0.15, 0.2) is 24.3 Å². The van der Waals surface area contributed by atoms with E-state index in [1.54, 1.807) is 12.1 Å². The first-order chi connectivity index (χ1) is 26.2. The van der Waals surface area contributed by atoms with Crippen LogP contribution < -0.4 is 53.2 Å². The minimum atomic E-state index is -1.13. The molecule has 0 aromatic heterocycles. The fraction of sp³-hybridized carbons (Fsp3) is 0.485. The van der Waals surface area contributed by atoms with Crippen LogP contribution in [0.1, 0.15) is 24.0 Å². The van der Waals surface area contributed by atoms with Crippen molar-refractivity contribution in [3.63, 3.8) is 0 Å². The zero-order chi connectivity index (χ0) is 40.3. The van der Waals surface area contributed by atoms with Gasteiger partial charge in [-0.15, -0.1) is 0 Å². The largest absolute Gasteiger partial charge is 0.354 e. The highest BCUT2D eigenvalue weighted by Gasteiger charge is 2.40. The number of rotatable bonds is 2. The number of carbonyl (C=O) groups excluding carboxylic acids is 11. The molecule has 0 saturated carbocycles. The maximum absolute atomic E-state index is 13.6. The third-order valence-electron chi connectivity index (χ3n) is 8.02. The van der Waals surface area contributed by atoms with Crippen LogP contribution in [0, 0.1) is 6.92 Å². The molecule has 22 heteroatoms. The molecule has 0 bridgehead atoms. The Labute approximate surface area is 314 Å². The minimum absolute atomic E-state index is 0.0596. The van der Waals surface area contributed by atoms with Crippen LogP contribution >= 0.6 is 0 Å². The molecule has 2 unspecified atom stereocenters. The molecule has 10 N–H and O–H groups in total. The normalized spacial score (nSPS) is 21.8. The van der Waals surface area contributed by atoms with Crippen LogP contribution in [0.2, 0.25) is 0 Å². The van der Waals surface area contributed by atoms with Gasteiger partial charge in [0.1, 0.15) is 12.1 Å². The first-order valence-corrected chi connectivity index (χ1v) is 17.3. The molecule has 2 atom stereocenters. The molecule has 3 rings (SSSR count). The first-order valence-electron chi connectivity index (χ1n) is 17.3. The standard InChI is InChI=1S/C33H45N11O11/c1-19-2-4-20(5-3-19)10-21-33(55)44-9-7-22(44)32(54)42-17-30(52)40-16-29(51)39-15-28(50)38-14-27(49)37-13-26(48)36-11-24(46)34-8-6-23(45)35-12-25(47)41-18-31(53)43-21/h2-5,21-22H,6-18H2,1H3,(H,34,46)(H,35,45)(H,36,48)(H,37,49)(H,38,50)(H,39,51)(H,40,52)(H,41,47)(H,42,54)(H,43,53). The molecule has 2 aliphatic rings. The zero-order valence-electron chi connectivity index (χ0n) is 30.1.